The molecule has 0 unspecified atom stereocenters. The maximum absolute atomic E-state index is 11.3. The standard InChI is InChI=1S/C15H15N3O2/c1-9-6-11(16)8-17-15(9)20-12-3-4-13-10(7-12)2-5-14(19)18-13/h3-4,6-8H,2,5,16H2,1H3,(H,18,19). The van der Waals surface area contributed by atoms with Crippen LogP contribution in [0.5, 0.6) is 11.6 Å². The predicted molar refractivity (Wildman–Crippen MR) is 76.9 cm³/mol. The van der Waals surface area contributed by atoms with Crippen LogP contribution in [0.1, 0.15) is 17.5 Å². The number of pyridine rings is 1. The number of nitrogens with zero attached hydrogens (tertiary/aromatic N) is 1. The minimum atomic E-state index is 0.0576. The molecule has 5 heteroatoms. The van der Waals surface area contributed by atoms with E-state index in [1.54, 1.807) is 6.20 Å². The molecule has 0 fully saturated rings. The fraction of sp³-hybridized carbons (Fsp3) is 0.200. The third-order valence-electron chi connectivity index (χ3n) is 3.24. The second kappa shape index (κ2) is 4.85. The lowest BCUT2D eigenvalue weighted by Crippen LogP contribution is -2.18. The summed E-state index contributed by atoms with van der Waals surface area (Å²) in [4.78, 5) is 15.5. The Bertz CT molecular complexity index is 683. The van der Waals surface area contributed by atoms with Crippen molar-refractivity contribution in [3.8, 4) is 11.6 Å². The van der Waals surface area contributed by atoms with E-state index in [1.165, 1.54) is 0 Å². The number of ether oxygens (including phenoxy) is 1. The van der Waals surface area contributed by atoms with Gasteiger partial charge in [0.15, 0.2) is 0 Å². The second-order valence-electron chi connectivity index (χ2n) is 4.86. The lowest BCUT2D eigenvalue weighted by Gasteiger charge is -2.17. The van der Waals surface area contributed by atoms with Crippen LogP contribution in [0.3, 0.4) is 0 Å². The van der Waals surface area contributed by atoms with Crippen LogP contribution in [0.25, 0.3) is 0 Å². The van der Waals surface area contributed by atoms with Crippen molar-refractivity contribution in [2.75, 3.05) is 11.1 Å². The summed E-state index contributed by atoms with van der Waals surface area (Å²) in [7, 11) is 0. The molecule has 0 spiro atoms. The smallest absolute Gasteiger partial charge is 0.224 e. The van der Waals surface area contributed by atoms with E-state index < -0.39 is 0 Å². The highest BCUT2D eigenvalue weighted by atomic mass is 16.5. The zero-order valence-corrected chi connectivity index (χ0v) is 11.1. The zero-order valence-electron chi connectivity index (χ0n) is 11.1. The first-order chi connectivity index (χ1) is 9.61. The summed E-state index contributed by atoms with van der Waals surface area (Å²) in [6.45, 7) is 1.90. The Hall–Kier alpha value is -2.56. The van der Waals surface area contributed by atoms with Crippen molar-refractivity contribution < 1.29 is 9.53 Å². The monoisotopic (exact) mass is 269 g/mol. The molecule has 102 valence electrons. The van der Waals surface area contributed by atoms with E-state index in [9.17, 15) is 4.79 Å². The normalized spacial score (nSPS) is 13.6. The number of nitrogens with two attached hydrogens (primary N) is 1. The molecule has 2 aromatic rings. The van der Waals surface area contributed by atoms with E-state index in [1.807, 2.05) is 31.2 Å². The Kier molecular flexibility index (Phi) is 3.02. The van der Waals surface area contributed by atoms with Crippen molar-refractivity contribution in [3.63, 3.8) is 0 Å². The van der Waals surface area contributed by atoms with Crippen LogP contribution in [-0.4, -0.2) is 10.9 Å². The Morgan fingerprint density at radius 2 is 2.15 bits per heavy atom. The number of carbonyl (C=O) groups is 1. The average Bonchev–Trinajstić information content (AvgIpc) is 2.42. The van der Waals surface area contributed by atoms with E-state index in [0.29, 0.717) is 23.7 Å². The van der Waals surface area contributed by atoms with Crippen molar-refractivity contribution in [2.24, 2.45) is 0 Å². The number of rotatable bonds is 2. The second-order valence-corrected chi connectivity index (χ2v) is 4.86. The van der Waals surface area contributed by atoms with Gasteiger partial charge in [0.1, 0.15) is 5.75 Å². The number of hydrogen-bond acceptors (Lipinski definition) is 4. The van der Waals surface area contributed by atoms with E-state index in [0.717, 1.165) is 23.2 Å². The first-order valence-corrected chi connectivity index (χ1v) is 6.44. The zero-order chi connectivity index (χ0) is 14.1. The number of aromatic nitrogens is 1. The van der Waals surface area contributed by atoms with Gasteiger partial charge in [0.25, 0.3) is 0 Å². The van der Waals surface area contributed by atoms with Gasteiger partial charge in [-0.15, -0.1) is 0 Å². The number of nitrogens with one attached hydrogen (secondary N) is 1. The number of benzene rings is 1. The molecule has 0 saturated heterocycles. The van der Waals surface area contributed by atoms with E-state index in [-0.39, 0.29) is 5.91 Å². The third-order valence-corrected chi connectivity index (χ3v) is 3.24. The number of hydrogen-bond donors (Lipinski definition) is 2. The molecule has 3 N–H and O–H groups in total. The summed E-state index contributed by atoms with van der Waals surface area (Å²) in [6, 6.07) is 7.43. The van der Waals surface area contributed by atoms with Gasteiger partial charge in [0, 0.05) is 17.7 Å². The fourth-order valence-electron chi connectivity index (χ4n) is 2.23. The van der Waals surface area contributed by atoms with Crippen LogP contribution >= 0.6 is 0 Å². The highest BCUT2D eigenvalue weighted by Gasteiger charge is 2.15. The van der Waals surface area contributed by atoms with Crippen molar-refractivity contribution in [3.05, 3.63) is 41.6 Å². The first-order valence-electron chi connectivity index (χ1n) is 6.44. The number of aryl methyl sites for hydroxylation is 2. The van der Waals surface area contributed by atoms with Crippen molar-refractivity contribution in [1.29, 1.82) is 0 Å². The summed E-state index contributed by atoms with van der Waals surface area (Å²) < 4.78 is 5.78. The molecule has 0 saturated carbocycles. The predicted octanol–water partition coefficient (Wildman–Crippen LogP) is 2.65. The van der Waals surface area contributed by atoms with Gasteiger partial charge in [0.05, 0.1) is 11.9 Å². The molecule has 1 aliphatic rings. The molecule has 3 rings (SSSR count). The van der Waals surface area contributed by atoms with Crippen LogP contribution in [0.15, 0.2) is 30.5 Å². The minimum absolute atomic E-state index is 0.0576. The molecule has 0 atom stereocenters. The topological polar surface area (TPSA) is 77.2 Å². The Labute approximate surface area is 116 Å². The molecular formula is C15H15N3O2. The molecular weight excluding hydrogens is 254 g/mol. The summed E-state index contributed by atoms with van der Waals surface area (Å²) >= 11 is 0. The van der Waals surface area contributed by atoms with Crippen LogP contribution in [0.2, 0.25) is 0 Å². The van der Waals surface area contributed by atoms with Gasteiger partial charge in [-0.1, -0.05) is 0 Å². The van der Waals surface area contributed by atoms with E-state index in [2.05, 4.69) is 10.3 Å². The lowest BCUT2D eigenvalue weighted by molar-refractivity contribution is -0.116. The minimum Gasteiger partial charge on any atom is -0.439 e. The molecule has 1 aromatic heterocycles. The molecule has 5 nitrogen and oxygen atoms in total. The number of amides is 1. The van der Waals surface area contributed by atoms with Crippen molar-refractivity contribution >= 4 is 17.3 Å². The van der Waals surface area contributed by atoms with Crippen LogP contribution in [0.4, 0.5) is 11.4 Å². The van der Waals surface area contributed by atoms with Gasteiger partial charge in [-0.3, -0.25) is 4.79 Å². The summed E-state index contributed by atoms with van der Waals surface area (Å²) in [5.41, 5.74) is 9.10. The first kappa shape index (κ1) is 12.5. The quantitative estimate of drug-likeness (QED) is 0.878. The van der Waals surface area contributed by atoms with Gasteiger partial charge in [-0.2, -0.15) is 0 Å². The van der Waals surface area contributed by atoms with Gasteiger partial charge >= 0.3 is 0 Å². The Morgan fingerprint density at radius 3 is 2.95 bits per heavy atom. The number of nitrogen functional groups attached to an aromatic ring is 1. The molecule has 2 heterocycles. The molecule has 0 radical (unpaired) electrons. The van der Waals surface area contributed by atoms with E-state index in [4.69, 9.17) is 10.5 Å². The lowest BCUT2D eigenvalue weighted by atomic mass is 10.0. The molecule has 0 aliphatic carbocycles. The van der Waals surface area contributed by atoms with Crippen LogP contribution in [-0.2, 0) is 11.2 Å². The fourth-order valence-corrected chi connectivity index (χ4v) is 2.23. The SMILES string of the molecule is Cc1cc(N)cnc1Oc1ccc2c(c1)CCC(=O)N2. The summed E-state index contributed by atoms with van der Waals surface area (Å²) in [6.07, 6.45) is 2.81. The Balaban J connectivity index is 1.86. The molecule has 1 amide bonds. The Morgan fingerprint density at radius 1 is 1.30 bits per heavy atom. The molecule has 20 heavy (non-hydrogen) atoms. The highest BCUT2D eigenvalue weighted by Crippen LogP contribution is 2.30. The van der Waals surface area contributed by atoms with Crippen molar-refractivity contribution in [1.82, 2.24) is 4.98 Å². The molecule has 0 bridgehead atoms. The maximum Gasteiger partial charge on any atom is 0.224 e. The van der Waals surface area contributed by atoms with Gasteiger partial charge in [0.2, 0.25) is 11.8 Å². The number of carbonyl (C=O) groups excluding carboxylic acids is 1. The summed E-state index contributed by atoms with van der Waals surface area (Å²) in [5.74, 6) is 1.31. The van der Waals surface area contributed by atoms with Crippen molar-refractivity contribution in [2.45, 2.75) is 19.8 Å². The molecule has 1 aromatic carbocycles. The average molecular weight is 269 g/mol. The van der Waals surface area contributed by atoms with Gasteiger partial charge in [-0.05, 0) is 43.2 Å². The third kappa shape index (κ3) is 2.42. The summed E-state index contributed by atoms with van der Waals surface area (Å²) in [5, 5.41) is 2.84. The number of fused-ring (bicyclic) bond motifs is 1. The van der Waals surface area contributed by atoms with Crippen LogP contribution < -0.4 is 15.8 Å². The number of anilines is 2. The van der Waals surface area contributed by atoms with Crippen LogP contribution in [0, 0.1) is 6.92 Å². The maximum atomic E-state index is 11.3. The van der Waals surface area contributed by atoms with Gasteiger partial charge < -0.3 is 15.8 Å². The van der Waals surface area contributed by atoms with Gasteiger partial charge in [-0.25, -0.2) is 4.98 Å². The highest BCUT2D eigenvalue weighted by molar-refractivity contribution is 5.94. The van der Waals surface area contributed by atoms with E-state index >= 15 is 0 Å². The molecule has 1 aliphatic heterocycles. The largest absolute Gasteiger partial charge is 0.439 e.